The molecule has 0 aromatic carbocycles. The van der Waals surface area contributed by atoms with Gasteiger partial charge in [-0.3, -0.25) is 4.79 Å². The van der Waals surface area contributed by atoms with Crippen LogP contribution in [0, 0.1) is 11.7 Å². The van der Waals surface area contributed by atoms with Crippen molar-refractivity contribution < 1.29 is 27.1 Å². The van der Waals surface area contributed by atoms with Crippen molar-refractivity contribution in [1.29, 1.82) is 0 Å². The summed E-state index contributed by atoms with van der Waals surface area (Å²) in [6.07, 6.45) is 0.109. The predicted octanol–water partition coefficient (Wildman–Crippen LogP) is 2.65. The van der Waals surface area contributed by atoms with Crippen LogP contribution in [0.15, 0.2) is 30.7 Å². The van der Waals surface area contributed by atoms with Gasteiger partial charge in [0.05, 0.1) is 18.7 Å². The quantitative estimate of drug-likeness (QED) is 0.529. The van der Waals surface area contributed by atoms with Gasteiger partial charge in [0.2, 0.25) is 5.91 Å². The van der Waals surface area contributed by atoms with Crippen LogP contribution in [0.2, 0.25) is 0 Å². The lowest BCUT2D eigenvalue weighted by Crippen LogP contribution is -2.48. The van der Waals surface area contributed by atoms with E-state index in [-0.39, 0.29) is 6.61 Å². The number of aromatic amines is 1. The predicted molar refractivity (Wildman–Crippen MR) is 102 cm³/mol. The smallest absolute Gasteiger partial charge is 0.380 e. The van der Waals surface area contributed by atoms with Gasteiger partial charge in [-0.15, -0.1) is 0 Å². The van der Waals surface area contributed by atoms with Gasteiger partial charge < -0.3 is 20.4 Å². The number of hydrogen-bond donors (Lipinski definition) is 3. The Kier molecular flexibility index (Phi) is 5.72. The number of halogens is 4. The van der Waals surface area contributed by atoms with Crippen LogP contribution in [0.1, 0.15) is 6.42 Å². The summed E-state index contributed by atoms with van der Waals surface area (Å²) in [5, 5.41) is 5.51. The Morgan fingerprint density at radius 1 is 1.32 bits per heavy atom. The van der Waals surface area contributed by atoms with E-state index >= 15 is 0 Å². The molecule has 1 amide bonds. The molecule has 0 radical (unpaired) electrons. The average Bonchev–Trinajstić information content (AvgIpc) is 3.15. The van der Waals surface area contributed by atoms with Crippen LogP contribution in [0.4, 0.5) is 23.4 Å². The molecule has 2 unspecified atom stereocenters. The number of nitrogens with zero attached hydrogens (tertiary/aromatic N) is 3. The molecule has 1 aliphatic rings. The van der Waals surface area contributed by atoms with Crippen LogP contribution >= 0.6 is 0 Å². The van der Waals surface area contributed by atoms with Gasteiger partial charge in [-0.05, 0) is 18.6 Å². The van der Waals surface area contributed by atoms with E-state index in [9.17, 15) is 22.4 Å². The number of aromatic nitrogens is 4. The molecule has 4 heterocycles. The van der Waals surface area contributed by atoms with Crippen molar-refractivity contribution in [3.63, 3.8) is 0 Å². The number of alkyl halides is 3. The van der Waals surface area contributed by atoms with Crippen molar-refractivity contribution >= 4 is 22.8 Å². The largest absolute Gasteiger partial charge is 0.405 e. The number of anilines is 1. The molecule has 0 saturated carbocycles. The van der Waals surface area contributed by atoms with E-state index in [0.717, 1.165) is 6.20 Å². The van der Waals surface area contributed by atoms with E-state index in [0.29, 0.717) is 41.3 Å². The summed E-state index contributed by atoms with van der Waals surface area (Å²) in [5.41, 5.74) is 1.02. The van der Waals surface area contributed by atoms with Crippen molar-refractivity contribution in [2.45, 2.75) is 18.6 Å². The standard InChI is InChI=1S/C19H18F4N6O2/c20-10-5-11-12(7-26-16(11)25-6-10)17-24-3-1-15(29-17)28-14-2-4-31-8-13(14)18(30)27-9-19(21,22)23/h1,3,5-7,13-14H,2,4,8-9H2,(H,25,26)(H,27,30)(H,24,28,29). The van der Waals surface area contributed by atoms with Crippen LogP contribution in [-0.2, 0) is 9.53 Å². The fraction of sp³-hybridized carbons (Fsp3) is 0.368. The van der Waals surface area contributed by atoms with Crippen molar-refractivity contribution in [3.8, 4) is 11.4 Å². The molecule has 8 nitrogen and oxygen atoms in total. The summed E-state index contributed by atoms with van der Waals surface area (Å²) < 4.78 is 56.2. The molecule has 1 fully saturated rings. The molecular weight excluding hydrogens is 420 g/mol. The maximum absolute atomic E-state index is 13.6. The topological polar surface area (TPSA) is 105 Å². The van der Waals surface area contributed by atoms with Crippen molar-refractivity contribution in [2.75, 3.05) is 25.1 Å². The highest BCUT2D eigenvalue weighted by atomic mass is 19.4. The molecular formula is C19H18F4N6O2. The zero-order valence-electron chi connectivity index (χ0n) is 16.0. The first-order valence-electron chi connectivity index (χ1n) is 9.45. The van der Waals surface area contributed by atoms with Gasteiger partial charge in [0.15, 0.2) is 5.82 Å². The van der Waals surface area contributed by atoms with Crippen LogP contribution in [0.5, 0.6) is 0 Å². The van der Waals surface area contributed by atoms with E-state index in [1.165, 1.54) is 12.3 Å². The molecule has 0 spiro atoms. The highest BCUT2D eigenvalue weighted by Crippen LogP contribution is 2.27. The highest BCUT2D eigenvalue weighted by molar-refractivity contribution is 5.91. The number of H-pyrrole nitrogens is 1. The minimum atomic E-state index is -4.50. The minimum absolute atomic E-state index is 0.00725. The molecule has 1 aliphatic heterocycles. The van der Waals surface area contributed by atoms with E-state index in [1.54, 1.807) is 12.3 Å². The van der Waals surface area contributed by atoms with Gasteiger partial charge in [0, 0.05) is 36.0 Å². The second-order valence-electron chi connectivity index (χ2n) is 7.07. The van der Waals surface area contributed by atoms with E-state index < -0.39 is 36.4 Å². The summed E-state index contributed by atoms with van der Waals surface area (Å²) in [6.45, 7) is -1.06. The number of ether oxygens (including phenoxy) is 1. The summed E-state index contributed by atoms with van der Waals surface area (Å²) in [6, 6.07) is 2.42. The van der Waals surface area contributed by atoms with Gasteiger partial charge in [-0.2, -0.15) is 13.2 Å². The number of nitrogens with one attached hydrogen (secondary N) is 3. The van der Waals surface area contributed by atoms with E-state index in [1.807, 2.05) is 5.32 Å². The molecule has 1 saturated heterocycles. The SMILES string of the molecule is O=C(NCC(F)(F)F)C1COCCC1Nc1ccnc(-c2c[nH]c3ncc(F)cc23)n1. The maximum atomic E-state index is 13.6. The Labute approximate surface area is 173 Å². The van der Waals surface area contributed by atoms with Crippen molar-refractivity contribution in [2.24, 2.45) is 5.92 Å². The van der Waals surface area contributed by atoms with E-state index in [2.05, 4.69) is 25.3 Å². The van der Waals surface area contributed by atoms with Gasteiger partial charge in [-0.1, -0.05) is 0 Å². The third-order valence-corrected chi connectivity index (χ3v) is 4.88. The van der Waals surface area contributed by atoms with Gasteiger partial charge in [0.25, 0.3) is 0 Å². The Morgan fingerprint density at radius 2 is 2.16 bits per heavy atom. The van der Waals surface area contributed by atoms with Gasteiger partial charge in [-0.25, -0.2) is 19.3 Å². The number of amides is 1. The van der Waals surface area contributed by atoms with Crippen LogP contribution in [0.25, 0.3) is 22.4 Å². The Balaban J connectivity index is 1.53. The fourth-order valence-corrected chi connectivity index (χ4v) is 3.41. The van der Waals surface area contributed by atoms with Crippen LogP contribution in [-0.4, -0.2) is 57.8 Å². The van der Waals surface area contributed by atoms with E-state index in [4.69, 9.17) is 4.74 Å². The Bertz CT molecular complexity index is 1090. The lowest BCUT2D eigenvalue weighted by Gasteiger charge is -2.31. The number of carbonyl (C=O) groups excluding carboxylic acids is 1. The molecule has 0 bridgehead atoms. The van der Waals surface area contributed by atoms with Crippen molar-refractivity contribution in [1.82, 2.24) is 25.3 Å². The molecule has 0 aliphatic carbocycles. The molecule has 31 heavy (non-hydrogen) atoms. The minimum Gasteiger partial charge on any atom is -0.380 e. The molecule has 3 N–H and O–H groups in total. The zero-order chi connectivity index (χ0) is 22.0. The van der Waals surface area contributed by atoms with Crippen LogP contribution < -0.4 is 10.6 Å². The Hall–Kier alpha value is -3.28. The number of carbonyl (C=O) groups is 1. The fourth-order valence-electron chi connectivity index (χ4n) is 3.41. The third kappa shape index (κ3) is 4.90. The number of hydrogen-bond acceptors (Lipinski definition) is 6. The lowest BCUT2D eigenvalue weighted by atomic mass is 9.94. The first kappa shape index (κ1) is 21.0. The molecule has 3 aromatic heterocycles. The maximum Gasteiger partial charge on any atom is 0.405 e. The number of pyridine rings is 1. The third-order valence-electron chi connectivity index (χ3n) is 4.88. The number of rotatable bonds is 5. The second-order valence-corrected chi connectivity index (χ2v) is 7.07. The highest BCUT2D eigenvalue weighted by Gasteiger charge is 2.35. The average molecular weight is 438 g/mol. The molecule has 4 rings (SSSR count). The van der Waals surface area contributed by atoms with Gasteiger partial charge >= 0.3 is 6.18 Å². The summed E-state index contributed by atoms with van der Waals surface area (Å²) in [7, 11) is 0. The summed E-state index contributed by atoms with van der Waals surface area (Å²) >= 11 is 0. The molecule has 12 heteroatoms. The second kappa shape index (κ2) is 8.46. The lowest BCUT2D eigenvalue weighted by molar-refractivity contribution is -0.143. The first-order chi connectivity index (χ1) is 14.8. The molecule has 164 valence electrons. The monoisotopic (exact) mass is 438 g/mol. The van der Waals surface area contributed by atoms with Crippen molar-refractivity contribution in [3.05, 3.63) is 36.5 Å². The zero-order valence-corrected chi connectivity index (χ0v) is 16.0. The molecule has 2 atom stereocenters. The number of fused-ring (bicyclic) bond motifs is 1. The van der Waals surface area contributed by atoms with Crippen LogP contribution in [0.3, 0.4) is 0 Å². The molecule has 3 aromatic rings. The first-order valence-corrected chi connectivity index (χ1v) is 9.45. The summed E-state index contributed by atoms with van der Waals surface area (Å²) in [4.78, 5) is 27.8. The summed E-state index contributed by atoms with van der Waals surface area (Å²) in [5.74, 6) is -1.39. The van der Waals surface area contributed by atoms with Gasteiger partial charge in [0.1, 0.15) is 23.8 Å². The normalized spacial score (nSPS) is 19.4. The Morgan fingerprint density at radius 3 is 2.97 bits per heavy atom.